The Morgan fingerprint density at radius 3 is 2.39 bits per heavy atom. The van der Waals surface area contributed by atoms with Gasteiger partial charge in [0.15, 0.2) is 0 Å². The molecule has 2 rings (SSSR count). The minimum atomic E-state index is -0.556. The molecule has 124 valence electrons. The van der Waals surface area contributed by atoms with E-state index in [4.69, 9.17) is 9.47 Å². The molecule has 0 amide bonds. The maximum atomic E-state index is 10.2. The summed E-state index contributed by atoms with van der Waals surface area (Å²) in [7, 11) is 1.63. The number of benzene rings is 2. The van der Waals surface area contributed by atoms with Crippen LogP contribution < -0.4 is 14.8 Å². The fraction of sp³-hybridized carbons (Fsp3) is 0.368. The van der Waals surface area contributed by atoms with E-state index in [9.17, 15) is 5.11 Å². The molecule has 0 bridgehead atoms. The standard InChI is InChI=1S/C19H25NO3/c1-14(2)23-19-7-5-4-6-16(19)12-20-13-18(21)15-8-10-17(22-3)11-9-15/h4-11,14,18,20-21H,12-13H2,1-3H3. The Balaban J connectivity index is 1.89. The lowest BCUT2D eigenvalue weighted by molar-refractivity contribution is 0.174. The lowest BCUT2D eigenvalue weighted by Crippen LogP contribution is -2.21. The van der Waals surface area contributed by atoms with Gasteiger partial charge in [0.25, 0.3) is 0 Å². The molecule has 2 aromatic carbocycles. The van der Waals surface area contributed by atoms with Gasteiger partial charge in [-0.05, 0) is 37.6 Å². The number of nitrogens with one attached hydrogen (secondary N) is 1. The fourth-order valence-electron chi connectivity index (χ4n) is 2.31. The molecule has 0 fully saturated rings. The van der Waals surface area contributed by atoms with Gasteiger partial charge in [-0.1, -0.05) is 30.3 Å². The SMILES string of the molecule is COc1ccc(C(O)CNCc2ccccc2OC(C)C)cc1. The summed E-state index contributed by atoms with van der Waals surface area (Å²) < 4.78 is 10.9. The highest BCUT2D eigenvalue weighted by molar-refractivity contribution is 5.33. The van der Waals surface area contributed by atoms with Crippen molar-refractivity contribution >= 4 is 0 Å². The molecule has 0 radical (unpaired) electrons. The number of aliphatic hydroxyl groups is 1. The van der Waals surface area contributed by atoms with E-state index in [-0.39, 0.29) is 6.10 Å². The molecule has 0 aliphatic heterocycles. The Morgan fingerprint density at radius 1 is 1.04 bits per heavy atom. The second kappa shape index (κ2) is 8.56. The molecule has 0 heterocycles. The van der Waals surface area contributed by atoms with Crippen molar-refractivity contribution in [1.29, 1.82) is 0 Å². The number of para-hydroxylation sites is 1. The van der Waals surface area contributed by atoms with Gasteiger partial charge in [-0.3, -0.25) is 0 Å². The Kier molecular flexibility index (Phi) is 6.44. The highest BCUT2D eigenvalue weighted by atomic mass is 16.5. The molecule has 0 aliphatic rings. The van der Waals surface area contributed by atoms with Crippen molar-refractivity contribution in [2.75, 3.05) is 13.7 Å². The van der Waals surface area contributed by atoms with E-state index in [1.807, 2.05) is 62.4 Å². The minimum Gasteiger partial charge on any atom is -0.497 e. The summed E-state index contributed by atoms with van der Waals surface area (Å²) in [5, 5.41) is 13.5. The van der Waals surface area contributed by atoms with Gasteiger partial charge >= 0.3 is 0 Å². The van der Waals surface area contributed by atoms with Gasteiger partial charge in [-0.15, -0.1) is 0 Å². The lowest BCUT2D eigenvalue weighted by Gasteiger charge is -2.16. The predicted octanol–water partition coefficient (Wildman–Crippen LogP) is 3.31. The molecule has 0 spiro atoms. The summed E-state index contributed by atoms with van der Waals surface area (Å²) in [6.07, 6.45) is -0.417. The van der Waals surface area contributed by atoms with Crippen molar-refractivity contribution in [3.8, 4) is 11.5 Å². The Bertz CT molecular complexity index is 596. The zero-order valence-corrected chi connectivity index (χ0v) is 14.0. The topological polar surface area (TPSA) is 50.7 Å². The molecule has 4 nitrogen and oxygen atoms in total. The van der Waals surface area contributed by atoms with E-state index < -0.39 is 6.10 Å². The number of hydrogen-bond acceptors (Lipinski definition) is 4. The van der Waals surface area contributed by atoms with Crippen LogP contribution in [0.4, 0.5) is 0 Å². The smallest absolute Gasteiger partial charge is 0.124 e. The molecule has 4 heteroatoms. The van der Waals surface area contributed by atoms with Crippen LogP contribution in [-0.2, 0) is 6.54 Å². The molecular formula is C19H25NO3. The molecule has 0 saturated carbocycles. The average molecular weight is 315 g/mol. The van der Waals surface area contributed by atoms with E-state index in [0.717, 1.165) is 22.6 Å². The van der Waals surface area contributed by atoms with Gasteiger partial charge in [-0.2, -0.15) is 0 Å². The van der Waals surface area contributed by atoms with E-state index in [2.05, 4.69) is 5.32 Å². The third-order valence-electron chi connectivity index (χ3n) is 3.49. The maximum Gasteiger partial charge on any atom is 0.124 e. The number of ether oxygens (including phenoxy) is 2. The van der Waals surface area contributed by atoms with Crippen LogP contribution in [0.5, 0.6) is 11.5 Å². The molecule has 0 saturated heterocycles. The summed E-state index contributed by atoms with van der Waals surface area (Å²) in [4.78, 5) is 0. The third-order valence-corrected chi connectivity index (χ3v) is 3.49. The zero-order valence-electron chi connectivity index (χ0n) is 14.0. The largest absolute Gasteiger partial charge is 0.497 e. The molecule has 1 unspecified atom stereocenters. The third kappa shape index (κ3) is 5.27. The molecular weight excluding hydrogens is 290 g/mol. The Labute approximate surface area is 138 Å². The molecule has 1 atom stereocenters. The molecule has 0 aromatic heterocycles. The van der Waals surface area contributed by atoms with Gasteiger partial charge in [0.2, 0.25) is 0 Å². The van der Waals surface area contributed by atoms with Crippen LogP contribution in [0.1, 0.15) is 31.1 Å². The van der Waals surface area contributed by atoms with Crippen LogP contribution in [0.15, 0.2) is 48.5 Å². The lowest BCUT2D eigenvalue weighted by atomic mass is 10.1. The fourth-order valence-corrected chi connectivity index (χ4v) is 2.31. The highest BCUT2D eigenvalue weighted by Crippen LogP contribution is 2.20. The van der Waals surface area contributed by atoms with Crippen LogP contribution in [0.2, 0.25) is 0 Å². The number of rotatable bonds is 8. The summed E-state index contributed by atoms with van der Waals surface area (Å²) in [6, 6.07) is 15.4. The van der Waals surface area contributed by atoms with Crippen LogP contribution in [-0.4, -0.2) is 24.9 Å². The van der Waals surface area contributed by atoms with E-state index in [0.29, 0.717) is 13.1 Å². The normalized spacial score (nSPS) is 12.2. The maximum absolute atomic E-state index is 10.2. The number of methoxy groups -OCH3 is 1. The number of aliphatic hydroxyl groups excluding tert-OH is 1. The van der Waals surface area contributed by atoms with E-state index in [1.54, 1.807) is 7.11 Å². The van der Waals surface area contributed by atoms with Crippen molar-refractivity contribution in [2.24, 2.45) is 0 Å². The van der Waals surface area contributed by atoms with Gasteiger partial charge in [0.05, 0.1) is 19.3 Å². The first-order chi connectivity index (χ1) is 11.1. The van der Waals surface area contributed by atoms with Gasteiger partial charge in [-0.25, -0.2) is 0 Å². The summed E-state index contributed by atoms with van der Waals surface area (Å²) in [5.74, 6) is 1.67. The zero-order chi connectivity index (χ0) is 16.7. The molecule has 0 aliphatic carbocycles. The summed E-state index contributed by atoms with van der Waals surface area (Å²) in [5.41, 5.74) is 1.95. The Hall–Kier alpha value is -2.04. The Morgan fingerprint density at radius 2 is 1.74 bits per heavy atom. The van der Waals surface area contributed by atoms with Crippen molar-refractivity contribution in [3.63, 3.8) is 0 Å². The van der Waals surface area contributed by atoms with Crippen molar-refractivity contribution in [2.45, 2.75) is 32.6 Å². The first kappa shape index (κ1) is 17.3. The first-order valence-corrected chi connectivity index (χ1v) is 7.87. The first-order valence-electron chi connectivity index (χ1n) is 7.87. The number of hydrogen-bond donors (Lipinski definition) is 2. The quantitative estimate of drug-likeness (QED) is 0.785. The van der Waals surface area contributed by atoms with Crippen LogP contribution in [0.25, 0.3) is 0 Å². The summed E-state index contributed by atoms with van der Waals surface area (Å²) >= 11 is 0. The summed E-state index contributed by atoms with van der Waals surface area (Å²) in [6.45, 7) is 5.15. The van der Waals surface area contributed by atoms with Crippen LogP contribution in [0.3, 0.4) is 0 Å². The van der Waals surface area contributed by atoms with E-state index >= 15 is 0 Å². The van der Waals surface area contributed by atoms with Crippen LogP contribution >= 0.6 is 0 Å². The van der Waals surface area contributed by atoms with E-state index in [1.165, 1.54) is 0 Å². The average Bonchev–Trinajstić information content (AvgIpc) is 2.56. The molecule has 2 aromatic rings. The molecule has 2 N–H and O–H groups in total. The monoisotopic (exact) mass is 315 g/mol. The van der Waals surface area contributed by atoms with Crippen LogP contribution in [0, 0.1) is 0 Å². The second-order valence-electron chi connectivity index (χ2n) is 5.69. The van der Waals surface area contributed by atoms with Gasteiger partial charge in [0.1, 0.15) is 11.5 Å². The van der Waals surface area contributed by atoms with Gasteiger partial charge in [0, 0.05) is 18.7 Å². The van der Waals surface area contributed by atoms with Crippen molar-refractivity contribution in [1.82, 2.24) is 5.32 Å². The predicted molar refractivity (Wildman–Crippen MR) is 91.9 cm³/mol. The van der Waals surface area contributed by atoms with Crippen molar-refractivity contribution < 1.29 is 14.6 Å². The highest BCUT2D eigenvalue weighted by Gasteiger charge is 2.09. The van der Waals surface area contributed by atoms with Crippen molar-refractivity contribution in [3.05, 3.63) is 59.7 Å². The minimum absolute atomic E-state index is 0.140. The van der Waals surface area contributed by atoms with Gasteiger partial charge < -0.3 is 19.9 Å². The second-order valence-corrected chi connectivity index (χ2v) is 5.69. The molecule has 23 heavy (non-hydrogen) atoms.